The molecule has 0 heterocycles. The minimum atomic E-state index is -0.216. The Kier molecular flexibility index (Phi) is 6.87. The lowest BCUT2D eigenvalue weighted by molar-refractivity contribution is -0.114. The Bertz CT molecular complexity index is 1010. The van der Waals surface area contributed by atoms with E-state index in [1.54, 1.807) is 30.3 Å². The Morgan fingerprint density at radius 1 is 0.931 bits per heavy atom. The Labute approximate surface area is 175 Å². The lowest BCUT2D eigenvalue weighted by Gasteiger charge is -2.11. The molecule has 0 radical (unpaired) electrons. The van der Waals surface area contributed by atoms with E-state index in [-0.39, 0.29) is 18.4 Å². The summed E-state index contributed by atoms with van der Waals surface area (Å²) in [4.78, 5) is 24.7. The number of halogens is 1. The Morgan fingerprint density at radius 2 is 1.69 bits per heavy atom. The number of benzene rings is 3. The summed E-state index contributed by atoms with van der Waals surface area (Å²) in [6.07, 6.45) is 0. The molecule has 3 N–H and O–H groups in total. The molecule has 5 nitrogen and oxygen atoms in total. The number of rotatable bonds is 7. The van der Waals surface area contributed by atoms with E-state index in [9.17, 15) is 9.59 Å². The first-order valence-electron chi connectivity index (χ1n) is 9.24. The van der Waals surface area contributed by atoms with Gasteiger partial charge in [0.1, 0.15) is 0 Å². The summed E-state index contributed by atoms with van der Waals surface area (Å²) >= 11 is 6.09. The van der Waals surface area contributed by atoms with Crippen molar-refractivity contribution >= 4 is 34.8 Å². The van der Waals surface area contributed by atoms with E-state index in [4.69, 9.17) is 11.6 Å². The highest BCUT2D eigenvalue weighted by Gasteiger charge is 2.09. The summed E-state index contributed by atoms with van der Waals surface area (Å²) in [5.41, 5.74) is 3.76. The second-order valence-corrected chi connectivity index (χ2v) is 6.97. The molecule has 0 atom stereocenters. The monoisotopic (exact) mass is 407 g/mol. The van der Waals surface area contributed by atoms with Crippen LogP contribution in [0.2, 0.25) is 5.02 Å². The van der Waals surface area contributed by atoms with E-state index in [0.717, 1.165) is 16.8 Å². The summed E-state index contributed by atoms with van der Waals surface area (Å²) in [5.74, 6) is -0.413. The third-order valence-electron chi connectivity index (χ3n) is 4.41. The third-order valence-corrected chi connectivity index (χ3v) is 4.82. The minimum absolute atomic E-state index is 0.0889. The van der Waals surface area contributed by atoms with Crippen LogP contribution in [0.1, 0.15) is 21.5 Å². The number of carbonyl (C=O) groups is 2. The molecule has 0 saturated heterocycles. The van der Waals surface area contributed by atoms with Crippen molar-refractivity contribution in [3.05, 3.63) is 94.5 Å². The lowest BCUT2D eigenvalue weighted by atomic mass is 10.1. The third kappa shape index (κ3) is 5.83. The molecular weight excluding hydrogens is 386 g/mol. The van der Waals surface area contributed by atoms with Crippen LogP contribution in [0.4, 0.5) is 11.4 Å². The Hall–Kier alpha value is -3.31. The van der Waals surface area contributed by atoms with E-state index in [1.807, 2.05) is 49.4 Å². The summed E-state index contributed by atoms with van der Waals surface area (Å²) in [6, 6.07) is 22.0. The SMILES string of the molecule is Cc1c(Cl)cccc1NCC(=O)Nc1cccc(C(=O)NCc2ccccc2)c1. The smallest absolute Gasteiger partial charge is 0.251 e. The first-order chi connectivity index (χ1) is 14.0. The van der Waals surface area contributed by atoms with Gasteiger partial charge in [-0.05, 0) is 48.4 Å². The molecule has 0 aliphatic carbocycles. The van der Waals surface area contributed by atoms with Crippen molar-refractivity contribution in [3.8, 4) is 0 Å². The summed E-state index contributed by atoms with van der Waals surface area (Å²) in [6.45, 7) is 2.42. The number of hydrogen-bond acceptors (Lipinski definition) is 3. The minimum Gasteiger partial charge on any atom is -0.376 e. The molecule has 29 heavy (non-hydrogen) atoms. The number of carbonyl (C=O) groups excluding carboxylic acids is 2. The zero-order valence-corrected chi connectivity index (χ0v) is 16.8. The van der Waals surface area contributed by atoms with Gasteiger partial charge in [-0.25, -0.2) is 0 Å². The molecule has 148 valence electrons. The molecule has 0 aromatic heterocycles. The zero-order chi connectivity index (χ0) is 20.6. The van der Waals surface area contributed by atoms with Crippen molar-refractivity contribution in [2.45, 2.75) is 13.5 Å². The average molecular weight is 408 g/mol. The molecule has 0 unspecified atom stereocenters. The summed E-state index contributed by atoms with van der Waals surface area (Å²) < 4.78 is 0. The molecule has 0 saturated carbocycles. The Balaban J connectivity index is 1.55. The quantitative estimate of drug-likeness (QED) is 0.534. The standard InChI is InChI=1S/C23H22ClN3O2/c1-16-20(24)11-6-12-21(16)25-15-22(28)27-19-10-5-9-18(13-19)23(29)26-14-17-7-3-2-4-8-17/h2-13,25H,14-15H2,1H3,(H,26,29)(H,27,28). The van der Waals surface area contributed by atoms with Gasteiger partial charge in [-0.2, -0.15) is 0 Å². The molecule has 0 spiro atoms. The fraction of sp³-hybridized carbons (Fsp3) is 0.130. The van der Waals surface area contributed by atoms with Gasteiger partial charge in [0.2, 0.25) is 5.91 Å². The molecular formula is C23H22ClN3O2. The van der Waals surface area contributed by atoms with Gasteiger partial charge in [-0.1, -0.05) is 54.1 Å². The molecule has 6 heteroatoms. The van der Waals surface area contributed by atoms with Crippen LogP contribution in [0.15, 0.2) is 72.8 Å². The van der Waals surface area contributed by atoms with Crippen LogP contribution in [0.5, 0.6) is 0 Å². The molecule has 0 bridgehead atoms. The van der Waals surface area contributed by atoms with Crippen LogP contribution in [0.25, 0.3) is 0 Å². The fourth-order valence-corrected chi connectivity index (χ4v) is 2.97. The van der Waals surface area contributed by atoms with Gasteiger partial charge >= 0.3 is 0 Å². The van der Waals surface area contributed by atoms with Crippen LogP contribution in [-0.2, 0) is 11.3 Å². The maximum absolute atomic E-state index is 12.4. The van der Waals surface area contributed by atoms with Crippen LogP contribution in [0, 0.1) is 6.92 Å². The first-order valence-corrected chi connectivity index (χ1v) is 9.62. The van der Waals surface area contributed by atoms with Gasteiger partial charge in [0.15, 0.2) is 0 Å². The number of anilines is 2. The van der Waals surface area contributed by atoms with Gasteiger partial charge in [-0.15, -0.1) is 0 Å². The van der Waals surface area contributed by atoms with E-state index in [0.29, 0.717) is 22.8 Å². The predicted molar refractivity (Wildman–Crippen MR) is 117 cm³/mol. The van der Waals surface area contributed by atoms with Crippen molar-refractivity contribution in [3.63, 3.8) is 0 Å². The molecule has 3 aromatic carbocycles. The Morgan fingerprint density at radius 3 is 2.48 bits per heavy atom. The molecule has 0 aliphatic heterocycles. The number of amides is 2. The van der Waals surface area contributed by atoms with Gasteiger partial charge in [-0.3, -0.25) is 9.59 Å². The topological polar surface area (TPSA) is 70.2 Å². The molecule has 3 rings (SSSR count). The summed E-state index contributed by atoms with van der Waals surface area (Å²) in [5, 5.41) is 9.40. The van der Waals surface area contributed by atoms with E-state index in [1.165, 1.54) is 0 Å². The molecule has 0 fully saturated rings. The van der Waals surface area contributed by atoms with E-state index < -0.39 is 0 Å². The van der Waals surface area contributed by atoms with Gasteiger partial charge in [0.05, 0.1) is 6.54 Å². The highest BCUT2D eigenvalue weighted by atomic mass is 35.5. The van der Waals surface area contributed by atoms with Gasteiger partial charge in [0.25, 0.3) is 5.91 Å². The van der Waals surface area contributed by atoms with Crippen molar-refractivity contribution in [1.82, 2.24) is 5.32 Å². The van der Waals surface area contributed by atoms with Crippen LogP contribution >= 0.6 is 11.6 Å². The zero-order valence-electron chi connectivity index (χ0n) is 16.0. The van der Waals surface area contributed by atoms with Crippen molar-refractivity contribution in [2.75, 3.05) is 17.2 Å². The highest BCUT2D eigenvalue weighted by molar-refractivity contribution is 6.31. The first kappa shape index (κ1) is 20.4. The fourth-order valence-electron chi connectivity index (χ4n) is 2.80. The summed E-state index contributed by atoms with van der Waals surface area (Å²) in [7, 11) is 0. The maximum atomic E-state index is 12.4. The van der Waals surface area contributed by atoms with Gasteiger partial charge < -0.3 is 16.0 Å². The van der Waals surface area contributed by atoms with Crippen LogP contribution < -0.4 is 16.0 Å². The average Bonchev–Trinajstić information content (AvgIpc) is 2.74. The second-order valence-electron chi connectivity index (χ2n) is 6.56. The number of hydrogen-bond donors (Lipinski definition) is 3. The van der Waals surface area contributed by atoms with Gasteiger partial charge in [0, 0.05) is 28.5 Å². The highest BCUT2D eigenvalue weighted by Crippen LogP contribution is 2.22. The van der Waals surface area contributed by atoms with E-state index in [2.05, 4.69) is 16.0 Å². The predicted octanol–water partition coefficient (Wildman–Crippen LogP) is 4.63. The van der Waals surface area contributed by atoms with Crippen molar-refractivity contribution < 1.29 is 9.59 Å². The second kappa shape index (κ2) is 9.75. The van der Waals surface area contributed by atoms with E-state index >= 15 is 0 Å². The molecule has 0 aliphatic rings. The van der Waals surface area contributed by atoms with Crippen molar-refractivity contribution in [2.24, 2.45) is 0 Å². The number of nitrogens with one attached hydrogen (secondary N) is 3. The normalized spacial score (nSPS) is 10.3. The lowest BCUT2D eigenvalue weighted by Crippen LogP contribution is -2.24. The van der Waals surface area contributed by atoms with Crippen LogP contribution in [0.3, 0.4) is 0 Å². The molecule has 3 aromatic rings. The maximum Gasteiger partial charge on any atom is 0.251 e. The van der Waals surface area contributed by atoms with Crippen LogP contribution in [-0.4, -0.2) is 18.4 Å². The van der Waals surface area contributed by atoms with Crippen molar-refractivity contribution in [1.29, 1.82) is 0 Å². The largest absolute Gasteiger partial charge is 0.376 e. The molecule has 2 amide bonds.